The van der Waals surface area contributed by atoms with E-state index < -0.39 is 0 Å². The lowest BCUT2D eigenvalue weighted by atomic mass is 9.98. The molecule has 0 aliphatic heterocycles. The molecule has 2 aromatic carbocycles. The molecule has 0 nitrogen and oxygen atoms in total. The van der Waals surface area contributed by atoms with Crippen molar-refractivity contribution in [3.05, 3.63) is 67.1 Å². The minimum atomic E-state index is 0.106. The van der Waals surface area contributed by atoms with Crippen molar-refractivity contribution in [3.63, 3.8) is 0 Å². The van der Waals surface area contributed by atoms with E-state index in [9.17, 15) is 0 Å². The van der Waals surface area contributed by atoms with Gasteiger partial charge in [-0.1, -0.05) is 67.2 Å². The van der Waals surface area contributed by atoms with Gasteiger partial charge >= 0.3 is 0 Å². The van der Waals surface area contributed by atoms with Crippen LogP contribution in [-0.4, -0.2) is 0 Å². The van der Waals surface area contributed by atoms with E-state index in [0.29, 0.717) is 10.0 Å². The number of benzene rings is 2. The van der Waals surface area contributed by atoms with E-state index in [2.05, 4.69) is 57.8 Å². The van der Waals surface area contributed by atoms with Crippen LogP contribution in [0.4, 0.5) is 0 Å². The molecular weight excluding hydrogens is 411 g/mol. The minimum absolute atomic E-state index is 0.106. The average Bonchev–Trinajstić information content (AvgIpc) is 2.36. The third kappa shape index (κ3) is 3.36. The van der Waals surface area contributed by atoms with Gasteiger partial charge in [-0.25, -0.2) is 0 Å². The van der Waals surface area contributed by atoms with Crippen molar-refractivity contribution in [1.82, 2.24) is 0 Å². The summed E-state index contributed by atoms with van der Waals surface area (Å²) >= 11 is 19.3. The van der Waals surface area contributed by atoms with Gasteiger partial charge in [-0.3, -0.25) is 0 Å². The van der Waals surface area contributed by atoms with E-state index in [1.165, 1.54) is 16.7 Å². The number of hydrogen-bond donors (Lipinski definition) is 0. The summed E-state index contributed by atoms with van der Waals surface area (Å²) in [5.41, 5.74) is 4.77. The molecular formula is C15H12Br2Cl2. The van der Waals surface area contributed by atoms with Crippen LogP contribution in [0, 0.1) is 13.8 Å². The molecule has 0 amide bonds. The SMILES string of the molecule is Cc1cc(C(Br)c2ccc(Cl)c(Cl)c2)c(C)cc1Br. The fraction of sp³-hybridized carbons (Fsp3) is 0.200. The Morgan fingerprint density at radius 1 is 0.947 bits per heavy atom. The van der Waals surface area contributed by atoms with E-state index >= 15 is 0 Å². The fourth-order valence-corrected chi connectivity index (χ4v) is 3.47. The summed E-state index contributed by atoms with van der Waals surface area (Å²) in [6.07, 6.45) is 0. The highest BCUT2D eigenvalue weighted by Gasteiger charge is 2.15. The summed E-state index contributed by atoms with van der Waals surface area (Å²) in [4.78, 5) is 0.106. The topological polar surface area (TPSA) is 0 Å². The maximum Gasteiger partial charge on any atom is 0.0647 e. The zero-order chi connectivity index (χ0) is 14.2. The van der Waals surface area contributed by atoms with Gasteiger partial charge in [-0.05, 0) is 54.3 Å². The molecule has 0 aliphatic carbocycles. The second kappa shape index (κ2) is 6.17. The van der Waals surface area contributed by atoms with E-state index in [4.69, 9.17) is 23.2 Å². The first-order valence-electron chi connectivity index (χ1n) is 5.76. The molecule has 2 aromatic rings. The van der Waals surface area contributed by atoms with Crippen LogP contribution in [0.5, 0.6) is 0 Å². The Labute approximate surface area is 140 Å². The summed E-state index contributed by atoms with van der Waals surface area (Å²) in [5.74, 6) is 0. The third-order valence-corrected chi connectivity index (χ3v) is 5.67. The number of halogens is 4. The highest BCUT2D eigenvalue weighted by molar-refractivity contribution is 9.10. The summed E-state index contributed by atoms with van der Waals surface area (Å²) < 4.78 is 1.13. The molecule has 0 N–H and O–H groups in total. The number of aryl methyl sites for hydroxylation is 2. The molecule has 100 valence electrons. The third-order valence-electron chi connectivity index (χ3n) is 3.06. The minimum Gasteiger partial charge on any atom is -0.0827 e. The molecule has 0 saturated heterocycles. The standard InChI is InChI=1S/C15H12Br2Cl2/c1-8-6-12(16)9(2)5-11(8)15(17)10-3-4-13(18)14(19)7-10/h3-7,15H,1-2H3. The van der Waals surface area contributed by atoms with Crippen molar-refractivity contribution >= 4 is 55.1 Å². The Kier molecular flexibility index (Phi) is 4.99. The number of rotatable bonds is 2. The maximum atomic E-state index is 6.08. The lowest BCUT2D eigenvalue weighted by Gasteiger charge is -2.16. The van der Waals surface area contributed by atoms with E-state index in [-0.39, 0.29) is 4.83 Å². The summed E-state index contributed by atoms with van der Waals surface area (Å²) in [6.45, 7) is 4.19. The van der Waals surface area contributed by atoms with Crippen LogP contribution in [0.2, 0.25) is 10.0 Å². The highest BCUT2D eigenvalue weighted by Crippen LogP contribution is 2.37. The summed E-state index contributed by atoms with van der Waals surface area (Å²) in [7, 11) is 0. The van der Waals surface area contributed by atoms with Gasteiger partial charge in [0.05, 0.1) is 14.9 Å². The van der Waals surface area contributed by atoms with Crippen molar-refractivity contribution in [2.45, 2.75) is 18.7 Å². The molecule has 0 heterocycles. The normalized spacial score (nSPS) is 12.5. The van der Waals surface area contributed by atoms with Crippen molar-refractivity contribution in [3.8, 4) is 0 Å². The van der Waals surface area contributed by atoms with Crippen molar-refractivity contribution in [2.75, 3.05) is 0 Å². The van der Waals surface area contributed by atoms with Crippen LogP contribution in [0.25, 0.3) is 0 Å². The lowest BCUT2D eigenvalue weighted by Crippen LogP contribution is -1.97. The fourth-order valence-electron chi connectivity index (χ4n) is 1.93. The molecule has 0 saturated carbocycles. The Hall–Kier alpha value is -0.0200. The van der Waals surface area contributed by atoms with Gasteiger partial charge in [-0.15, -0.1) is 0 Å². The molecule has 0 radical (unpaired) electrons. The first kappa shape index (κ1) is 15.4. The van der Waals surface area contributed by atoms with Crippen LogP contribution >= 0.6 is 55.1 Å². The van der Waals surface area contributed by atoms with Gasteiger partial charge in [0.15, 0.2) is 0 Å². The van der Waals surface area contributed by atoms with Crippen molar-refractivity contribution < 1.29 is 0 Å². The molecule has 0 bridgehead atoms. The second-order valence-corrected chi connectivity index (χ2v) is 7.08. The molecule has 1 atom stereocenters. The van der Waals surface area contributed by atoms with Crippen LogP contribution in [0.3, 0.4) is 0 Å². The molecule has 0 aromatic heterocycles. The number of alkyl halides is 1. The lowest BCUT2D eigenvalue weighted by molar-refractivity contribution is 1.13. The summed E-state index contributed by atoms with van der Waals surface area (Å²) in [5, 5.41) is 1.16. The molecule has 0 fully saturated rings. The predicted octanol–water partition coefficient (Wildman–Crippen LogP) is 6.86. The van der Waals surface area contributed by atoms with Crippen LogP contribution in [0.15, 0.2) is 34.8 Å². The van der Waals surface area contributed by atoms with Crippen molar-refractivity contribution in [1.29, 1.82) is 0 Å². The molecule has 4 heteroatoms. The van der Waals surface area contributed by atoms with E-state index in [0.717, 1.165) is 10.0 Å². The van der Waals surface area contributed by atoms with E-state index in [1.54, 1.807) is 0 Å². The molecule has 19 heavy (non-hydrogen) atoms. The van der Waals surface area contributed by atoms with Crippen molar-refractivity contribution in [2.24, 2.45) is 0 Å². The van der Waals surface area contributed by atoms with Crippen LogP contribution < -0.4 is 0 Å². The van der Waals surface area contributed by atoms with Gasteiger partial charge in [0.2, 0.25) is 0 Å². The zero-order valence-corrected chi connectivity index (χ0v) is 15.2. The van der Waals surface area contributed by atoms with Crippen LogP contribution in [0.1, 0.15) is 27.1 Å². The Morgan fingerprint density at radius 2 is 1.63 bits per heavy atom. The monoisotopic (exact) mass is 420 g/mol. The quantitative estimate of drug-likeness (QED) is 0.464. The smallest absolute Gasteiger partial charge is 0.0647 e. The Bertz CT molecular complexity index is 624. The first-order valence-corrected chi connectivity index (χ1v) is 8.22. The van der Waals surface area contributed by atoms with Gasteiger partial charge in [-0.2, -0.15) is 0 Å². The van der Waals surface area contributed by atoms with Gasteiger partial charge in [0, 0.05) is 4.47 Å². The maximum absolute atomic E-state index is 6.08. The molecule has 2 rings (SSSR count). The highest BCUT2D eigenvalue weighted by atomic mass is 79.9. The number of hydrogen-bond acceptors (Lipinski definition) is 0. The second-order valence-electron chi connectivity index (χ2n) is 4.49. The molecule has 0 aliphatic rings. The zero-order valence-electron chi connectivity index (χ0n) is 10.5. The van der Waals surface area contributed by atoms with Gasteiger partial charge < -0.3 is 0 Å². The van der Waals surface area contributed by atoms with Gasteiger partial charge in [0.25, 0.3) is 0 Å². The molecule has 0 spiro atoms. The van der Waals surface area contributed by atoms with Gasteiger partial charge in [0.1, 0.15) is 0 Å². The van der Waals surface area contributed by atoms with Crippen LogP contribution in [-0.2, 0) is 0 Å². The first-order chi connectivity index (χ1) is 8.90. The Balaban J connectivity index is 2.46. The average molecular weight is 423 g/mol. The largest absolute Gasteiger partial charge is 0.0827 e. The summed E-state index contributed by atoms with van der Waals surface area (Å²) in [6, 6.07) is 10.0. The predicted molar refractivity (Wildman–Crippen MR) is 90.8 cm³/mol. The Morgan fingerprint density at radius 3 is 2.26 bits per heavy atom. The molecule has 1 unspecified atom stereocenters. The van der Waals surface area contributed by atoms with E-state index in [1.807, 2.05) is 18.2 Å².